The highest BCUT2D eigenvalue weighted by atomic mass is 35.5. The number of para-hydroxylation sites is 1. The van der Waals surface area contributed by atoms with Gasteiger partial charge in [0, 0.05) is 57.8 Å². The number of hydrogen-bond acceptors (Lipinski definition) is 7. The lowest BCUT2D eigenvalue weighted by Gasteiger charge is -2.41. The van der Waals surface area contributed by atoms with Crippen LogP contribution >= 0.6 is 11.6 Å². The number of hydrogen-bond donors (Lipinski definition) is 0. The van der Waals surface area contributed by atoms with Gasteiger partial charge in [-0.2, -0.15) is 18.4 Å². The van der Waals surface area contributed by atoms with Crippen molar-refractivity contribution < 1.29 is 27.6 Å². The van der Waals surface area contributed by atoms with E-state index in [1.807, 2.05) is 4.90 Å². The molecule has 0 unspecified atom stereocenters. The molecule has 2 saturated heterocycles. The van der Waals surface area contributed by atoms with E-state index in [1.54, 1.807) is 30.1 Å². The minimum atomic E-state index is -4.65. The molecule has 1 aromatic heterocycles. The number of carbonyl (C=O) groups is 3. The van der Waals surface area contributed by atoms with Gasteiger partial charge >= 0.3 is 6.18 Å². The first kappa shape index (κ1) is 33.2. The van der Waals surface area contributed by atoms with Gasteiger partial charge in [0.05, 0.1) is 40.5 Å². The maximum Gasteiger partial charge on any atom is 0.416 e. The Morgan fingerprint density at radius 1 is 1.20 bits per heavy atom. The Morgan fingerprint density at radius 2 is 1.96 bits per heavy atom. The van der Waals surface area contributed by atoms with Crippen LogP contribution in [0.25, 0.3) is 0 Å². The van der Waals surface area contributed by atoms with Gasteiger partial charge in [-0.05, 0) is 50.2 Å². The topological polar surface area (TPSA) is 104 Å². The fraction of sp³-hybridized carbons (Fsp3) is 0.469. The molecular formula is C32H35ClF3N7O3. The third-order valence-electron chi connectivity index (χ3n) is 8.88. The number of amides is 3. The Bertz CT molecular complexity index is 1580. The summed E-state index contributed by atoms with van der Waals surface area (Å²) >= 11 is 6.73. The van der Waals surface area contributed by atoms with Gasteiger partial charge in [0.25, 0.3) is 0 Å². The van der Waals surface area contributed by atoms with E-state index in [0.29, 0.717) is 55.5 Å². The van der Waals surface area contributed by atoms with Gasteiger partial charge in [-0.1, -0.05) is 24.2 Å². The van der Waals surface area contributed by atoms with E-state index >= 15 is 0 Å². The maximum absolute atomic E-state index is 14.0. The molecule has 10 nitrogen and oxygen atoms in total. The molecule has 0 aliphatic carbocycles. The number of carbonyl (C=O) groups excluding carboxylic acids is 3. The number of benzene rings is 1. The van der Waals surface area contributed by atoms with E-state index in [9.17, 15) is 32.8 Å². The fourth-order valence-electron chi connectivity index (χ4n) is 6.76. The van der Waals surface area contributed by atoms with Crippen LogP contribution in [0.4, 0.5) is 30.4 Å². The number of nitriles is 1. The Kier molecular flexibility index (Phi) is 9.60. The highest BCUT2D eigenvalue weighted by Crippen LogP contribution is 2.43. The summed E-state index contributed by atoms with van der Waals surface area (Å²) < 4.78 is 41.1. The number of likely N-dealkylation sites (N-methyl/N-ethyl adjacent to an activating group) is 1. The number of halogens is 4. The third kappa shape index (κ3) is 6.55. The zero-order valence-corrected chi connectivity index (χ0v) is 26.4. The van der Waals surface area contributed by atoms with E-state index < -0.39 is 35.5 Å². The molecule has 14 heteroatoms. The van der Waals surface area contributed by atoms with Crippen molar-refractivity contribution in [3.05, 3.63) is 59.3 Å². The van der Waals surface area contributed by atoms with Crippen molar-refractivity contribution in [2.45, 2.75) is 44.4 Å². The number of aryl methyl sites for hydroxylation is 1. The number of anilines is 3. The number of rotatable bonds is 7. The zero-order valence-electron chi connectivity index (χ0n) is 25.6. The van der Waals surface area contributed by atoms with Crippen molar-refractivity contribution in [3.63, 3.8) is 0 Å². The molecule has 5 rings (SSSR count). The Hall–Kier alpha value is -4.15. The van der Waals surface area contributed by atoms with E-state index in [2.05, 4.69) is 22.5 Å². The minimum absolute atomic E-state index is 0.0490. The molecule has 3 aliphatic heterocycles. The van der Waals surface area contributed by atoms with E-state index in [1.165, 1.54) is 17.9 Å². The van der Waals surface area contributed by atoms with E-state index in [4.69, 9.17) is 11.6 Å². The van der Waals surface area contributed by atoms with Crippen molar-refractivity contribution in [1.82, 2.24) is 14.8 Å². The molecular weight excluding hydrogens is 623 g/mol. The van der Waals surface area contributed by atoms with Crippen molar-refractivity contribution in [2.24, 2.45) is 5.92 Å². The SMILES string of the molecule is C=CC(=O)N1CCN(CCCN2C[C@H]3CC(=O)N(c4cc(C(F)(F)F)cc(C)n4)[C@@H]3C(=O)N(C)c3cccc(Cl)c32)C[C@@H]1CC#N. The van der Waals surface area contributed by atoms with Gasteiger partial charge in [0.2, 0.25) is 17.7 Å². The molecule has 244 valence electrons. The predicted molar refractivity (Wildman–Crippen MR) is 167 cm³/mol. The molecule has 2 fully saturated rings. The highest BCUT2D eigenvalue weighted by molar-refractivity contribution is 6.34. The Labute approximate surface area is 270 Å². The highest BCUT2D eigenvalue weighted by Gasteiger charge is 2.49. The van der Waals surface area contributed by atoms with Crippen LogP contribution < -0.4 is 14.7 Å². The molecule has 4 heterocycles. The fourth-order valence-corrected chi connectivity index (χ4v) is 7.05. The van der Waals surface area contributed by atoms with Crippen LogP contribution in [0, 0.1) is 24.2 Å². The molecule has 3 amide bonds. The summed E-state index contributed by atoms with van der Waals surface area (Å²) in [5.74, 6) is -1.86. The number of piperazine rings is 1. The quantitative estimate of drug-likeness (QED) is 0.410. The standard InChI is InChI=1S/C32H35ClF3N7O3/c1-4-27(44)42-14-13-40(19-23(42)9-10-37)11-6-12-41-18-21-16-28(45)43(26-17-22(32(34,35)36)15-20(2)38-26)29(21)31(46)39(3)25-8-5-7-24(33)30(25)41/h4-5,7-8,15,17,21,23,29H,1,6,9,11-14,16,18-19H2,2-3H3/t21-,23+,29+/m1/s1. The van der Waals surface area contributed by atoms with Crippen molar-refractivity contribution in [3.8, 4) is 6.07 Å². The first-order chi connectivity index (χ1) is 21.8. The first-order valence-electron chi connectivity index (χ1n) is 15.0. The summed E-state index contributed by atoms with van der Waals surface area (Å²) in [5.41, 5.74) is 0.303. The molecule has 1 aromatic carbocycles. The largest absolute Gasteiger partial charge is 0.416 e. The molecule has 0 radical (unpaired) electrons. The second-order valence-corrected chi connectivity index (χ2v) is 12.3. The van der Waals surface area contributed by atoms with Gasteiger partial charge in [0.1, 0.15) is 11.9 Å². The lowest BCUT2D eigenvalue weighted by atomic mass is 9.95. The van der Waals surface area contributed by atoms with E-state index in [0.717, 1.165) is 17.0 Å². The van der Waals surface area contributed by atoms with Crippen molar-refractivity contribution in [2.75, 3.05) is 61.0 Å². The number of fused-ring (bicyclic) bond motifs is 2. The minimum Gasteiger partial charge on any atom is -0.368 e. The maximum atomic E-state index is 14.0. The van der Waals surface area contributed by atoms with Crippen LogP contribution in [0.3, 0.4) is 0 Å². The summed E-state index contributed by atoms with van der Waals surface area (Å²) in [5, 5.41) is 9.75. The van der Waals surface area contributed by atoms with Gasteiger partial charge < -0.3 is 14.7 Å². The monoisotopic (exact) mass is 657 g/mol. The summed E-state index contributed by atoms with van der Waals surface area (Å²) in [7, 11) is 1.57. The number of nitrogens with zero attached hydrogens (tertiary/aromatic N) is 7. The first-order valence-corrected chi connectivity index (χ1v) is 15.4. The summed E-state index contributed by atoms with van der Waals surface area (Å²) in [6.07, 6.45) is -2.56. The third-order valence-corrected chi connectivity index (χ3v) is 9.18. The molecule has 2 aromatic rings. The van der Waals surface area contributed by atoms with Crippen molar-refractivity contribution in [1.29, 1.82) is 5.26 Å². The number of alkyl halides is 3. The normalized spacial score (nSPS) is 22.2. The second-order valence-electron chi connectivity index (χ2n) is 11.9. The smallest absolute Gasteiger partial charge is 0.368 e. The van der Waals surface area contributed by atoms with Crippen LogP contribution in [-0.2, 0) is 20.6 Å². The average Bonchev–Trinajstić information content (AvgIpc) is 3.33. The summed E-state index contributed by atoms with van der Waals surface area (Å²) in [6.45, 7) is 8.07. The average molecular weight is 658 g/mol. The van der Waals surface area contributed by atoms with Gasteiger partial charge in [-0.15, -0.1) is 0 Å². The summed E-state index contributed by atoms with van der Waals surface area (Å²) in [6, 6.07) is 7.79. The van der Waals surface area contributed by atoms with Crippen LogP contribution in [0.2, 0.25) is 5.02 Å². The molecule has 0 N–H and O–H groups in total. The molecule has 46 heavy (non-hydrogen) atoms. The van der Waals surface area contributed by atoms with Crippen LogP contribution in [0.1, 0.15) is 30.5 Å². The van der Waals surface area contributed by atoms with Gasteiger partial charge in [-0.3, -0.25) is 24.2 Å². The van der Waals surface area contributed by atoms with Crippen LogP contribution in [0.15, 0.2) is 43.0 Å². The predicted octanol–water partition coefficient (Wildman–Crippen LogP) is 4.27. The molecule has 0 saturated carbocycles. The second kappa shape index (κ2) is 13.3. The van der Waals surface area contributed by atoms with Crippen LogP contribution in [-0.4, -0.2) is 90.9 Å². The molecule has 0 bridgehead atoms. The molecule has 3 atom stereocenters. The Morgan fingerprint density at radius 3 is 2.65 bits per heavy atom. The lowest BCUT2D eigenvalue weighted by molar-refractivity contribution is -0.137. The van der Waals surface area contributed by atoms with Gasteiger partial charge in [-0.25, -0.2) is 4.98 Å². The van der Waals surface area contributed by atoms with Crippen LogP contribution in [0.5, 0.6) is 0 Å². The van der Waals surface area contributed by atoms with E-state index in [-0.39, 0.29) is 42.8 Å². The molecule has 3 aliphatic rings. The number of pyridine rings is 1. The summed E-state index contributed by atoms with van der Waals surface area (Å²) in [4.78, 5) is 52.5. The number of aromatic nitrogens is 1. The van der Waals surface area contributed by atoms with Gasteiger partial charge in [0.15, 0.2) is 0 Å². The zero-order chi connectivity index (χ0) is 33.3. The molecule has 0 spiro atoms. The Balaban J connectivity index is 1.41. The lowest BCUT2D eigenvalue weighted by Crippen LogP contribution is -2.55. The van der Waals surface area contributed by atoms with Crippen molar-refractivity contribution >= 4 is 46.5 Å².